The molecule has 0 aliphatic rings. The van der Waals surface area contributed by atoms with E-state index in [4.69, 9.17) is 9.05 Å². The predicted molar refractivity (Wildman–Crippen MR) is 57.0 cm³/mol. The van der Waals surface area contributed by atoms with Gasteiger partial charge in [0, 0.05) is 6.66 Å². The lowest BCUT2D eigenvalue weighted by Crippen LogP contribution is -1.95. The molecule has 0 bridgehead atoms. The molecule has 1 rings (SSSR count). The zero-order chi connectivity index (χ0) is 10.6. The van der Waals surface area contributed by atoms with Crippen LogP contribution >= 0.6 is 7.60 Å². The van der Waals surface area contributed by atoms with Crippen LogP contribution in [0.3, 0.4) is 0 Å². The smallest absolute Gasteiger partial charge is 0.376 e. The molecule has 1 atom stereocenters. The van der Waals surface area contributed by atoms with Gasteiger partial charge < -0.3 is 9.05 Å². The average Bonchev–Trinajstić information content (AvgIpc) is 2.08. The second-order valence-electron chi connectivity index (χ2n) is 3.09. The van der Waals surface area contributed by atoms with Crippen LogP contribution in [0.4, 0.5) is 0 Å². The Morgan fingerprint density at radius 2 is 1.86 bits per heavy atom. The lowest BCUT2D eigenvalue weighted by atomic mass is 10.2. The molecule has 0 saturated carbocycles. The molecular weight excluding hydrogens is 199 g/mol. The molecule has 0 spiro atoms. The topological polar surface area (TPSA) is 35.5 Å². The van der Waals surface area contributed by atoms with E-state index in [-0.39, 0.29) is 0 Å². The first kappa shape index (κ1) is 11.3. The zero-order valence-electron chi connectivity index (χ0n) is 8.69. The SMILES string of the molecule is CCOP(C)(=O)Oc1ccc(C)cc1. The Hall–Kier alpha value is -0.790. The van der Waals surface area contributed by atoms with Crippen molar-refractivity contribution in [1.29, 1.82) is 0 Å². The maximum Gasteiger partial charge on any atom is 0.376 e. The molecule has 1 unspecified atom stereocenters. The Bertz CT molecular complexity index is 332. The highest BCUT2D eigenvalue weighted by Crippen LogP contribution is 2.43. The molecule has 0 radical (unpaired) electrons. The molecule has 14 heavy (non-hydrogen) atoms. The van der Waals surface area contributed by atoms with Gasteiger partial charge in [0.15, 0.2) is 0 Å². The van der Waals surface area contributed by atoms with Gasteiger partial charge in [-0.2, -0.15) is 0 Å². The quantitative estimate of drug-likeness (QED) is 0.722. The maximum atomic E-state index is 11.6. The van der Waals surface area contributed by atoms with E-state index in [0.717, 1.165) is 5.56 Å². The minimum atomic E-state index is -2.93. The molecule has 0 aliphatic carbocycles. The van der Waals surface area contributed by atoms with E-state index in [0.29, 0.717) is 12.4 Å². The Labute approximate surface area is 84.6 Å². The van der Waals surface area contributed by atoms with Gasteiger partial charge in [-0.15, -0.1) is 0 Å². The summed E-state index contributed by atoms with van der Waals surface area (Å²) < 4.78 is 21.9. The molecule has 0 amide bonds. The van der Waals surface area contributed by atoms with Crippen LogP contribution < -0.4 is 4.52 Å². The number of benzene rings is 1. The highest BCUT2D eigenvalue weighted by atomic mass is 31.2. The van der Waals surface area contributed by atoms with Crippen LogP contribution in [-0.4, -0.2) is 13.3 Å². The van der Waals surface area contributed by atoms with Crippen LogP contribution in [0.5, 0.6) is 5.75 Å². The minimum Gasteiger partial charge on any atom is -0.425 e. The molecule has 0 saturated heterocycles. The molecule has 0 heterocycles. The van der Waals surface area contributed by atoms with Gasteiger partial charge >= 0.3 is 7.60 Å². The third-order valence-corrected chi connectivity index (χ3v) is 2.93. The number of hydrogen-bond acceptors (Lipinski definition) is 3. The van der Waals surface area contributed by atoms with Crippen molar-refractivity contribution in [2.45, 2.75) is 13.8 Å². The van der Waals surface area contributed by atoms with Crippen molar-refractivity contribution in [2.24, 2.45) is 0 Å². The van der Waals surface area contributed by atoms with E-state index in [1.165, 1.54) is 6.66 Å². The van der Waals surface area contributed by atoms with Crippen LogP contribution in [0, 0.1) is 6.92 Å². The first-order valence-electron chi connectivity index (χ1n) is 4.52. The summed E-state index contributed by atoms with van der Waals surface area (Å²) in [6.45, 7) is 5.63. The van der Waals surface area contributed by atoms with Crippen LogP contribution in [0.2, 0.25) is 0 Å². The van der Waals surface area contributed by atoms with E-state index < -0.39 is 7.60 Å². The summed E-state index contributed by atoms with van der Waals surface area (Å²) in [6.07, 6.45) is 0. The van der Waals surface area contributed by atoms with Gasteiger partial charge in [0.05, 0.1) is 6.61 Å². The molecular formula is C10H15O3P. The fourth-order valence-corrected chi connectivity index (χ4v) is 2.08. The monoisotopic (exact) mass is 214 g/mol. The van der Waals surface area contributed by atoms with E-state index in [1.54, 1.807) is 19.1 Å². The van der Waals surface area contributed by atoms with Gasteiger partial charge in [-0.1, -0.05) is 17.7 Å². The predicted octanol–water partition coefficient (Wildman–Crippen LogP) is 3.23. The van der Waals surface area contributed by atoms with Crippen molar-refractivity contribution in [3.63, 3.8) is 0 Å². The van der Waals surface area contributed by atoms with Crippen molar-refractivity contribution < 1.29 is 13.6 Å². The Morgan fingerprint density at radius 1 is 1.29 bits per heavy atom. The molecule has 0 aromatic heterocycles. The molecule has 4 heteroatoms. The van der Waals surface area contributed by atoms with Crippen LogP contribution in [0.1, 0.15) is 12.5 Å². The van der Waals surface area contributed by atoms with Gasteiger partial charge in [0.1, 0.15) is 5.75 Å². The second kappa shape index (κ2) is 4.63. The normalized spacial score (nSPS) is 14.8. The first-order chi connectivity index (χ1) is 6.53. The minimum absolute atomic E-state index is 0.389. The van der Waals surface area contributed by atoms with Gasteiger partial charge in [-0.05, 0) is 26.0 Å². The Morgan fingerprint density at radius 3 is 2.36 bits per heavy atom. The fraction of sp³-hybridized carbons (Fsp3) is 0.400. The van der Waals surface area contributed by atoms with Crippen LogP contribution in [0.25, 0.3) is 0 Å². The summed E-state index contributed by atoms with van der Waals surface area (Å²) in [5, 5.41) is 0. The van der Waals surface area contributed by atoms with E-state index in [1.807, 2.05) is 19.1 Å². The van der Waals surface area contributed by atoms with Crippen molar-refractivity contribution in [3.8, 4) is 5.75 Å². The average molecular weight is 214 g/mol. The van der Waals surface area contributed by atoms with Gasteiger partial charge in [0.2, 0.25) is 0 Å². The fourth-order valence-electron chi connectivity index (χ4n) is 1.05. The van der Waals surface area contributed by atoms with E-state index in [2.05, 4.69) is 0 Å². The lowest BCUT2D eigenvalue weighted by molar-refractivity contribution is 0.284. The molecule has 3 nitrogen and oxygen atoms in total. The molecule has 0 fully saturated rings. The molecule has 1 aromatic rings. The van der Waals surface area contributed by atoms with Gasteiger partial charge in [-0.25, -0.2) is 4.57 Å². The Balaban J connectivity index is 2.69. The summed E-state index contributed by atoms with van der Waals surface area (Å²) in [5.41, 5.74) is 1.14. The first-order valence-corrected chi connectivity index (χ1v) is 6.51. The summed E-state index contributed by atoms with van der Waals surface area (Å²) in [5.74, 6) is 0.579. The summed E-state index contributed by atoms with van der Waals surface area (Å²) in [6, 6.07) is 7.37. The summed E-state index contributed by atoms with van der Waals surface area (Å²) in [4.78, 5) is 0. The van der Waals surface area contributed by atoms with Crippen molar-refractivity contribution in [3.05, 3.63) is 29.8 Å². The van der Waals surface area contributed by atoms with Gasteiger partial charge in [0.25, 0.3) is 0 Å². The van der Waals surface area contributed by atoms with Crippen LogP contribution in [0.15, 0.2) is 24.3 Å². The largest absolute Gasteiger partial charge is 0.425 e. The Kier molecular flexibility index (Phi) is 3.73. The molecule has 78 valence electrons. The van der Waals surface area contributed by atoms with E-state index in [9.17, 15) is 4.57 Å². The molecule has 0 N–H and O–H groups in total. The highest BCUT2D eigenvalue weighted by Gasteiger charge is 2.16. The summed E-state index contributed by atoms with van der Waals surface area (Å²) >= 11 is 0. The lowest BCUT2D eigenvalue weighted by Gasteiger charge is -2.13. The number of hydrogen-bond donors (Lipinski definition) is 0. The molecule has 1 aromatic carbocycles. The third-order valence-electron chi connectivity index (χ3n) is 1.66. The molecule has 0 aliphatic heterocycles. The van der Waals surface area contributed by atoms with Crippen LogP contribution in [-0.2, 0) is 9.09 Å². The maximum absolute atomic E-state index is 11.6. The number of rotatable bonds is 4. The van der Waals surface area contributed by atoms with Crippen molar-refractivity contribution in [1.82, 2.24) is 0 Å². The highest BCUT2D eigenvalue weighted by molar-refractivity contribution is 7.53. The standard InChI is InChI=1S/C10H15O3P/c1-4-12-14(3,11)13-10-7-5-9(2)6-8-10/h5-8H,4H2,1-3H3. The zero-order valence-corrected chi connectivity index (χ0v) is 9.58. The van der Waals surface area contributed by atoms with Crippen molar-refractivity contribution >= 4 is 7.60 Å². The number of aryl methyl sites for hydroxylation is 1. The van der Waals surface area contributed by atoms with Gasteiger partial charge in [-0.3, -0.25) is 0 Å². The second-order valence-corrected chi connectivity index (χ2v) is 5.08. The van der Waals surface area contributed by atoms with E-state index >= 15 is 0 Å². The summed E-state index contributed by atoms with van der Waals surface area (Å²) in [7, 11) is -2.93. The van der Waals surface area contributed by atoms with Crippen molar-refractivity contribution in [2.75, 3.05) is 13.3 Å². The third kappa shape index (κ3) is 3.52.